The summed E-state index contributed by atoms with van der Waals surface area (Å²) in [4.78, 5) is 34.6. The lowest BCUT2D eigenvalue weighted by molar-refractivity contribution is -0.810. The van der Waals surface area contributed by atoms with E-state index in [1.165, 1.54) is 6.92 Å². The van der Waals surface area contributed by atoms with E-state index in [9.17, 15) is 19.5 Å². The first-order valence-electron chi connectivity index (χ1n) is 6.09. The van der Waals surface area contributed by atoms with Gasteiger partial charge in [-0.15, -0.1) is 0 Å². The van der Waals surface area contributed by atoms with Crippen molar-refractivity contribution in [1.29, 1.82) is 0 Å². The number of hydrogen-bond acceptors (Lipinski definition) is 3. The number of piperidine rings is 1. The number of hydrogen-bond donors (Lipinski definition) is 1. The normalized spacial score (nSPS) is 29.1. The summed E-state index contributed by atoms with van der Waals surface area (Å²) in [5.74, 6) is -0.298. The van der Waals surface area contributed by atoms with Crippen molar-refractivity contribution in [3.8, 4) is 0 Å². The van der Waals surface area contributed by atoms with E-state index < -0.39 is 10.6 Å². The quantitative estimate of drug-likeness (QED) is 0.768. The summed E-state index contributed by atoms with van der Waals surface area (Å²) < 4.78 is -0.564. The highest BCUT2D eigenvalue weighted by Crippen LogP contribution is 2.28. The first-order valence-corrected chi connectivity index (χ1v) is 6.09. The molecular formula is C12H20NO4+. The maximum atomic E-state index is 11.7. The van der Waals surface area contributed by atoms with Crippen LogP contribution in [0.1, 0.15) is 46.0 Å². The van der Waals surface area contributed by atoms with Crippen LogP contribution in [0.2, 0.25) is 0 Å². The van der Waals surface area contributed by atoms with Crippen LogP contribution < -0.4 is 0 Å². The Morgan fingerprint density at radius 1 is 1.47 bits per heavy atom. The Morgan fingerprint density at radius 2 is 2.12 bits per heavy atom. The van der Waals surface area contributed by atoms with Gasteiger partial charge in [0.25, 0.3) is 0 Å². The molecule has 1 heterocycles. The summed E-state index contributed by atoms with van der Waals surface area (Å²) in [6.45, 7) is 3.43. The third-order valence-electron chi connectivity index (χ3n) is 3.62. The standard InChI is InChI=1S/C12H19NO4/c1-3-4-5-10-8-11(15)6-7-13(10,9(2)14)12(16)17/h10H,3-8H2,1-2H3/p+1. The van der Waals surface area contributed by atoms with Gasteiger partial charge in [-0.25, -0.2) is 4.79 Å². The van der Waals surface area contributed by atoms with E-state index in [1.807, 2.05) is 6.92 Å². The van der Waals surface area contributed by atoms with Gasteiger partial charge in [0.1, 0.15) is 18.4 Å². The lowest BCUT2D eigenvalue weighted by atomic mass is 9.93. The van der Waals surface area contributed by atoms with Gasteiger partial charge in [-0.3, -0.25) is 4.79 Å². The fraction of sp³-hybridized carbons (Fsp3) is 0.750. The zero-order valence-corrected chi connectivity index (χ0v) is 10.4. The Labute approximate surface area is 101 Å². The number of carbonyl (C=O) groups excluding carboxylic acids is 2. The topological polar surface area (TPSA) is 71.4 Å². The van der Waals surface area contributed by atoms with Gasteiger partial charge < -0.3 is 5.11 Å². The fourth-order valence-corrected chi connectivity index (χ4v) is 2.57. The number of rotatable bonds is 3. The molecule has 2 amide bonds. The third kappa shape index (κ3) is 2.54. The van der Waals surface area contributed by atoms with Gasteiger partial charge in [-0.05, 0) is 6.42 Å². The lowest BCUT2D eigenvalue weighted by Gasteiger charge is -2.39. The van der Waals surface area contributed by atoms with Gasteiger partial charge in [0.05, 0.1) is 19.8 Å². The van der Waals surface area contributed by atoms with Crippen LogP contribution >= 0.6 is 0 Å². The van der Waals surface area contributed by atoms with E-state index >= 15 is 0 Å². The number of amides is 2. The van der Waals surface area contributed by atoms with Crippen molar-refractivity contribution in [3.63, 3.8) is 0 Å². The number of carbonyl (C=O) groups is 3. The van der Waals surface area contributed by atoms with E-state index in [4.69, 9.17) is 0 Å². The van der Waals surface area contributed by atoms with Crippen molar-refractivity contribution in [1.82, 2.24) is 0 Å². The molecule has 0 aromatic heterocycles. The largest absolute Gasteiger partial charge is 0.521 e. The summed E-state index contributed by atoms with van der Waals surface area (Å²) in [6, 6.07) is -0.383. The maximum Gasteiger partial charge on any atom is 0.521 e. The van der Waals surface area contributed by atoms with Gasteiger partial charge in [0.2, 0.25) is 0 Å². The molecule has 0 aromatic carbocycles. The number of unbranched alkanes of at least 4 members (excludes halogenated alkanes) is 1. The minimum atomic E-state index is -1.12. The van der Waals surface area contributed by atoms with Gasteiger partial charge in [-0.1, -0.05) is 13.3 Å². The van der Waals surface area contributed by atoms with E-state index in [2.05, 4.69) is 0 Å². The lowest BCUT2D eigenvalue weighted by Crippen LogP contribution is -2.65. The highest BCUT2D eigenvalue weighted by Gasteiger charge is 2.52. The zero-order chi connectivity index (χ0) is 13.1. The molecule has 0 aliphatic carbocycles. The summed E-state index contributed by atoms with van der Waals surface area (Å²) >= 11 is 0. The molecule has 5 heteroatoms. The number of carboxylic acid groups (broad SMARTS) is 1. The van der Waals surface area contributed by atoms with Crippen LogP contribution in [0.4, 0.5) is 4.79 Å². The Morgan fingerprint density at radius 3 is 2.59 bits per heavy atom. The first-order chi connectivity index (χ1) is 7.95. The van der Waals surface area contributed by atoms with Gasteiger partial charge in [0, 0.05) is 6.42 Å². The molecule has 1 saturated heterocycles. The summed E-state index contributed by atoms with van der Waals surface area (Å²) in [6.07, 6.45) is 1.68. The number of imide groups is 1. The minimum absolute atomic E-state index is 0.0716. The van der Waals surface area contributed by atoms with Crippen molar-refractivity contribution >= 4 is 17.8 Å². The van der Waals surface area contributed by atoms with Crippen LogP contribution in [-0.2, 0) is 9.59 Å². The smallest absolute Gasteiger partial charge is 0.435 e. The Balaban J connectivity index is 3.01. The molecule has 1 aliphatic rings. The molecule has 0 aromatic rings. The Hall–Kier alpha value is -1.23. The second-order valence-electron chi connectivity index (χ2n) is 4.68. The van der Waals surface area contributed by atoms with Crippen LogP contribution in [0.25, 0.3) is 0 Å². The first kappa shape index (κ1) is 13.8. The average molecular weight is 242 g/mol. The van der Waals surface area contributed by atoms with E-state index in [-0.39, 0.29) is 37.1 Å². The van der Waals surface area contributed by atoms with E-state index in [0.717, 1.165) is 12.8 Å². The van der Waals surface area contributed by atoms with Crippen LogP contribution in [-0.4, -0.2) is 40.0 Å². The van der Waals surface area contributed by atoms with Crippen LogP contribution in [0.15, 0.2) is 0 Å². The van der Waals surface area contributed by atoms with Crippen molar-refractivity contribution in [2.45, 2.75) is 52.0 Å². The zero-order valence-electron chi connectivity index (χ0n) is 10.4. The second-order valence-corrected chi connectivity index (χ2v) is 4.68. The second kappa shape index (κ2) is 5.40. The average Bonchev–Trinajstić information content (AvgIpc) is 2.25. The molecule has 0 bridgehead atoms. The maximum absolute atomic E-state index is 11.7. The number of ketones is 1. The number of likely N-dealkylation sites (tertiary alicyclic amines) is 1. The van der Waals surface area contributed by atoms with E-state index in [1.54, 1.807) is 0 Å². The van der Waals surface area contributed by atoms with Crippen LogP contribution in [0.3, 0.4) is 0 Å². The van der Waals surface area contributed by atoms with Crippen LogP contribution in [0.5, 0.6) is 0 Å². The molecule has 17 heavy (non-hydrogen) atoms. The molecule has 0 radical (unpaired) electrons. The summed E-state index contributed by atoms with van der Waals surface area (Å²) in [7, 11) is 0. The molecule has 2 unspecified atom stereocenters. The molecule has 96 valence electrons. The Kier molecular flexibility index (Phi) is 4.40. The molecule has 2 atom stereocenters. The fourth-order valence-electron chi connectivity index (χ4n) is 2.57. The number of Topliss-reactive ketones (excluding diaryl/α,β-unsaturated/α-hetero) is 1. The van der Waals surface area contributed by atoms with Crippen LogP contribution in [0, 0.1) is 0 Å². The summed E-state index contributed by atoms with van der Waals surface area (Å²) in [5, 5.41) is 9.36. The molecule has 1 aliphatic heterocycles. The molecule has 0 saturated carbocycles. The van der Waals surface area contributed by atoms with Crippen molar-refractivity contribution in [2.75, 3.05) is 6.54 Å². The SMILES string of the molecule is CCCCC1CC(=O)CC[N+]1(C(C)=O)C(=O)O. The molecule has 1 fully saturated rings. The predicted molar refractivity (Wildman–Crippen MR) is 61.4 cm³/mol. The highest BCUT2D eigenvalue weighted by atomic mass is 16.4. The van der Waals surface area contributed by atoms with Gasteiger partial charge >= 0.3 is 12.0 Å². The molecular weight excluding hydrogens is 222 g/mol. The van der Waals surface area contributed by atoms with Crippen molar-refractivity contribution in [2.24, 2.45) is 0 Å². The van der Waals surface area contributed by atoms with E-state index in [0.29, 0.717) is 6.42 Å². The molecule has 1 rings (SSSR count). The number of nitrogens with zero attached hydrogens (tertiary/aromatic N) is 1. The number of quaternary nitrogens is 1. The van der Waals surface area contributed by atoms with Crippen molar-refractivity contribution < 1.29 is 24.0 Å². The highest BCUT2D eigenvalue weighted by molar-refractivity contribution is 5.84. The molecule has 1 N–H and O–H groups in total. The predicted octanol–water partition coefficient (Wildman–Crippen LogP) is 1.95. The molecule has 0 spiro atoms. The third-order valence-corrected chi connectivity index (χ3v) is 3.62. The summed E-state index contributed by atoms with van der Waals surface area (Å²) in [5.41, 5.74) is 0. The Bertz CT molecular complexity index is 323. The molecule has 5 nitrogen and oxygen atoms in total. The van der Waals surface area contributed by atoms with Gasteiger partial charge in [-0.2, -0.15) is 9.28 Å². The minimum Gasteiger partial charge on any atom is -0.435 e. The van der Waals surface area contributed by atoms with Gasteiger partial charge in [0.15, 0.2) is 0 Å². The van der Waals surface area contributed by atoms with Crippen molar-refractivity contribution in [3.05, 3.63) is 0 Å². The monoisotopic (exact) mass is 242 g/mol.